The van der Waals surface area contributed by atoms with Gasteiger partial charge < -0.3 is 15.5 Å². The highest BCUT2D eigenvalue weighted by Crippen LogP contribution is 2.37. The lowest BCUT2D eigenvalue weighted by Gasteiger charge is -2.08. The lowest BCUT2D eigenvalue weighted by atomic mass is 10.1. The van der Waals surface area contributed by atoms with Crippen LogP contribution in [0.4, 0.5) is 28.6 Å². The molecule has 1 saturated heterocycles. The number of amides is 4. The van der Waals surface area contributed by atoms with E-state index in [1.807, 2.05) is 11.4 Å². The number of carbonyl (C=O) groups excluding carboxylic acids is 4. The number of thioether (sulfide) groups is 1. The summed E-state index contributed by atoms with van der Waals surface area (Å²) in [6.07, 6.45) is -0.189. The summed E-state index contributed by atoms with van der Waals surface area (Å²) in [7, 11) is 0. The first-order chi connectivity index (χ1) is 42.3. The number of anilines is 3. The number of halogens is 9. The third kappa shape index (κ3) is 18.7. The van der Waals surface area contributed by atoms with E-state index in [2.05, 4.69) is 36.2 Å². The van der Waals surface area contributed by atoms with Gasteiger partial charge in [-0.2, -0.15) is 13.2 Å². The first kappa shape index (κ1) is 67.2. The maximum atomic E-state index is 13.0. The summed E-state index contributed by atoms with van der Waals surface area (Å²) < 4.78 is 39.4. The van der Waals surface area contributed by atoms with Crippen molar-refractivity contribution in [1.82, 2.24) is 20.3 Å². The number of hydrogen-bond donors (Lipinski definition) is 6. The molecule has 3 aromatic heterocycles. The van der Waals surface area contributed by atoms with Crippen LogP contribution in [0.15, 0.2) is 159 Å². The minimum absolute atomic E-state index is 0.214. The molecule has 6 N–H and O–H groups in total. The van der Waals surface area contributed by atoms with Crippen LogP contribution in [-0.4, -0.2) is 65.1 Å². The Morgan fingerprint density at radius 2 is 1.01 bits per heavy atom. The zero-order chi connectivity index (χ0) is 64.3. The Hall–Kier alpha value is -7.78. The number of carbonyl (C=O) groups is 6. The van der Waals surface area contributed by atoms with E-state index in [4.69, 9.17) is 92.0 Å². The summed E-state index contributed by atoms with van der Waals surface area (Å²) in [5.74, 6) is -3.78. The van der Waals surface area contributed by atoms with Gasteiger partial charge in [-0.3, -0.25) is 35.1 Å². The molecule has 10 rings (SSSR count). The number of nitrogens with zero attached hydrogens (tertiary/aromatic N) is 3. The largest absolute Gasteiger partial charge is 0.477 e. The molecule has 89 heavy (non-hydrogen) atoms. The van der Waals surface area contributed by atoms with Crippen molar-refractivity contribution in [3.05, 3.63) is 223 Å². The van der Waals surface area contributed by atoms with Gasteiger partial charge in [0.25, 0.3) is 23.6 Å². The number of aliphatic carboxylic acids is 2. The molecule has 29 heteroatoms. The highest BCUT2D eigenvalue weighted by molar-refractivity contribution is 8.26. The van der Waals surface area contributed by atoms with E-state index in [9.17, 15) is 41.9 Å². The second-order valence-corrected chi connectivity index (χ2v) is 25.1. The minimum Gasteiger partial charge on any atom is -0.477 e. The SMILES string of the molecule is Cc1sc(NC(=O)c2ccc(/C=C(\Cl)C(=O)O)cc2)nc1-c1cccc(C(F)(F)F)c1.O=C(O)/C(Cl)=C/c1ccc(C(=O)Nc2nc(-c3ccc(Cl)c(Cl)c3)cs2)cc1.O=C1NC(=S)S/C1=C\c1ccc(C(=O)Nc2nc(-c3ccc(Cl)c(Cl)c3)cs2)cc1. The zero-order valence-electron chi connectivity index (χ0n) is 44.7. The zero-order valence-corrected chi connectivity index (χ0v) is 53.3. The number of carboxylic acid groups (broad SMARTS) is 2. The summed E-state index contributed by atoms with van der Waals surface area (Å²) in [5, 5.41) is 34.2. The van der Waals surface area contributed by atoms with Gasteiger partial charge in [-0.25, -0.2) is 24.5 Å². The lowest BCUT2D eigenvalue weighted by molar-refractivity contribution is -0.137. The highest BCUT2D eigenvalue weighted by atomic mass is 35.5. The molecule has 1 aliphatic heterocycles. The summed E-state index contributed by atoms with van der Waals surface area (Å²) in [6.45, 7) is 1.70. The van der Waals surface area contributed by atoms with Crippen LogP contribution in [-0.2, 0) is 20.6 Å². The fourth-order valence-electron chi connectivity index (χ4n) is 7.49. The van der Waals surface area contributed by atoms with Crippen LogP contribution in [0.25, 0.3) is 52.0 Å². The molecule has 1 aliphatic rings. The summed E-state index contributed by atoms with van der Waals surface area (Å²) >= 11 is 45.0. The van der Waals surface area contributed by atoms with Crippen LogP contribution < -0.4 is 21.3 Å². The monoisotopic (exact) mass is 1410 g/mol. The number of aromatic nitrogens is 3. The maximum absolute atomic E-state index is 13.0. The van der Waals surface area contributed by atoms with Crippen LogP contribution in [0.2, 0.25) is 20.1 Å². The maximum Gasteiger partial charge on any atom is 0.416 e. The van der Waals surface area contributed by atoms with Crippen LogP contribution in [0, 0.1) is 6.92 Å². The van der Waals surface area contributed by atoms with Gasteiger partial charge in [0.15, 0.2) is 15.4 Å². The molecule has 0 aliphatic carbocycles. The Kier molecular flexibility index (Phi) is 22.8. The van der Waals surface area contributed by atoms with Crippen LogP contribution >= 0.6 is 128 Å². The molecule has 0 saturated carbocycles. The van der Waals surface area contributed by atoms with Crippen LogP contribution in [0.3, 0.4) is 0 Å². The normalized spacial score (nSPS) is 12.7. The Bertz CT molecular complexity index is 4330. The summed E-state index contributed by atoms with van der Waals surface area (Å²) in [4.78, 5) is 84.9. The fraction of sp³-hybridized carbons (Fsp3) is 0.0333. The van der Waals surface area contributed by atoms with E-state index >= 15 is 0 Å². The van der Waals surface area contributed by atoms with E-state index in [1.54, 1.807) is 97.2 Å². The molecule has 6 aromatic carbocycles. The molecule has 0 unspecified atom stereocenters. The number of benzene rings is 6. The van der Waals surface area contributed by atoms with Crippen molar-refractivity contribution in [2.75, 3.05) is 16.0 Å². The van der Waals surface area contributed by atoms with E-state index in [1.165, 1.54) is 83.0 Å². The quantitative estimate of drug-likeness (QED) is 0.0440. The minimum atomic E-state index is -4.47. The number of aryl methyl sites for hydroxylation is 1. The summed E-state index contributed by atoms with van der Waals surface area (Å²) in [5.41, 5.74) is 5.87. The number of carboxylic acids is 2. The van der Waals surface area contributed by atoms with Crippen molar-refractivity contribution in [3.8, 4) is 33.8 Å². The van der Waals surface area contributed by atoms with E-state index < -0.39 is 29.6 Å². The molecule has 4 heterocycles. The van der Waals surface area contributed by atoms with E-state index in [-0.39, 0.29) is 38.5 Å². The predicted octanol–water partition coefficient (Wildman–Crippen LogP) is 17.9. The number of rotatable bonds is 14. The van der Waals surface area contributed by atoms with Gasteiger partial charge in [-0.15, -0.1) is 34.0 Å². The topological polar surface area (TPSA) is 230 Å². The van der Waals surface area contributed by atoms with Crippen molar-refractivity contribution in [1.29, 1.82) is 0 Å². The summed E-state index contributed by atoms with van der Waals surface area (Å²) in [6, 6.07) is 34.5. The first-order valence-electron chi connectivity index (χ1n) is 24.9. The molecule has 4 amide bonds. The lowest BCUT2D eigenvalue weighted by Crippen LogP contribution is -2.17. The van der Waals surface area contributed by atoms with Gasteiger partial charge in [0.1, 0.15) is 14.4 Å². The highest BCUT2D eigenvalue weighted by Gasteiger charge is 2.31. The van der Waals surface area contributed by atoms with Crippen molar-refractivity contribution in [2.24, 2.45) is 0 Å². The molecule has 452 valence electrons. The first-order valence-corrected chi connectivity index (χ1v) is 31.0. The van der Waals surface area contributed by atoms with Gasteiger partial charge in [0, 0.05) is 49.0 Å². The number of alkyl halides is 3. The standard InChI is InChI=1S/C21H14ClF3N2O3S.C20H11Cl2N3O2S3.C19H11Cl3N2O3S/c1-11-17(14-3-2-4-15(10-14)21(23,24)25)26-20(31-11)27-18(28)13-7-5-12(6-8-13)9-16(22)19(29)30;21-13-6-5-12(8-14(13)22)15-9-29-19(23-15)24-17(26)11-3-1-10(2-4-11)7-16-18(27)25-20(28)30-16;20-13-6-5-12(8-14(13)21)16-9-28-19(23-16)24-17(25)11-3-1-10(2-4-11)7-15(22)18(26)27/h2-10H,1H3,(H,29,30)(H,26,27,28);1-9H,(H,23,24,26)(H,25,27,28);1-9H,(H,26,27)(H,23,24,25)/b16-9-;16-7-;15-7-. The number of nitrogens with one attached hydrogen (secondary N) is 4. The Morgan fingerprint density at radius 1 is 0.573 bits per heavy atom. The second kappa shape index (κ2) is 30.2. The van der Waals surface area contributed by atoms with Crippen molar-refractivity contribution in [3.63, 3.8) is 0 Å². The van der Waals surface area contributed by atoms with Gasteiger partial charge in [-0.05, 0) is 115 Å². The predicted molar refractivity (Wildman–Crippen MR) is 355 cm³/mol. The Balaban J connectivity index is 0.000000173. The van der Waals surface area contributed by atoms with Gasteiger partial charge in [0.2, 0.25) is 0 Å². The smallest absolute Gasteiger partial charge is 0.416 e. The average Bonchev–Trinajstić information content (AvgIpc) is 4.47. The Labute approximate surface area is 554 Å². The van der Waals surface area contributed by atoms with Gasteiger partial charge in [-0.1, -0.05) is 154 Å². The molecule has 0 radical (unpaired) electrons. The molecular formula is C60H36Cl6F3N7O8S5. The van der Waals surface area contributed by atoms with E-state index in [0.29, 0.717) is 89.4 Å². The van der Waals surface area contributed by atoms with Crippen LogP contribution in [0.5, 0.6) is 0 Å². The van der Waals surface area contributed by atoms with Gasteiger partial charge in [0.05, 0.1) is 47.6 Å². The van der Waals surface area contributed by atoms with Gasteiger partial charge >= 0.3 is 18.1 Å². The number of thiazole rings is 3. The number of hydrogen-bond acceptors (Lipinski definition) is 14. The molecule has 9 aromatic rings. The molecule has 0 bridgehead atoms. The number of thiocarbonyl (C=S) groups is 1. The average molecular weight is 1410 g/mol. The molecule has 0 spiro atoms. The van der Waals surface area contributed by atoms with Crippen LogP contribution in [0.1, 0.15) is 58.2 Å². The Morgan fingerprint density at radius 3 is 1.42 bits per heavy atom. The van der Waals surface area contributed by atoms with Crippen molar-refractivity contribution < 1.29 is 52.2 Å². The van der Waals surface area contributed by atoms with Crippen molar-refractivity contribution >= 4 is 201 Å². The second-order valence-electron chi connectivity index (χ2n) is 18.0. The third-order valence-electron chi connectivity index (χ3n) is 11.8. The van der Waals surface area contributed by atoms with Crippen molar-refractivity contribution in [2.45, 2.75) is 13.1 Å². The molecule has 1 fully saturated rings. The van der Waals surface area contributed by atoms with E-state index in [0.717, 1.165) is 40.2 Å². The molecule has 0 atom stereocenters. The molecule has 15 nitrogen and oxygen atoms in total. The fourth-order valence-corrected chi connectivity index (χ4v) is 11.6. The third-order valence-corrected chi connectivity index (χ3v) is 17.4. The molecular weight excluding hydrogens is 1380 g/mol.